The van der Waals surface area contributed by atoms with Crippen LogP contribution in [-0.2, 0) is 14.3 Å². The van der Waals surface area contributed by atoms with Crippen LogP contribution in [0, 0.1) is 19.7 Å². The number of rotatable bonds is 9. The summed E-state index contributed by atoms with van der Waals surface area (Å²) in [4.78, 5) is 41.4. The average Bonchev–Trinajstić information content (AvgIpc) is 2.86. The lowest BCUT2D eigenvalue weighted by atomic mass is 9.86. The van der Waals surface area contributed by atoms with Gasteiger partial charge in [-0.25, -0.2) is 14.2 Å². The van der Waals surface area contributed by atoms with E-state index in [-0.39, 0.29) is 17.2 Å². The van der Waals surface area contributed by atoms with Crippen LogP contribution >= 0.6 is 0 Å². The number of esters is 2. The zero-order chi connectivity index (χ0) is 28.0. The quantitative estimate of drug-likeness (QED) is 0.408. The number of carbonyl (C=O) groups excluding carboxylic acids is 3. The van der Waals surface area contributed by atoms with Crippen molar-refractivity contribution >= 4 is 17.8 Å². The van der Waals surface area contributed by atoms with E-state index in [0.717, 1.165) is 16.7 Å². The molecule has 3 aromatic rings. The predicted molar refractivity (Wildman–Crippen MR) is 139 cm³/mol. The van der Waals surface area contributed by atoms with E-state index in [0.29, 0.717) is 5.56 Å². The van der Waals surface area contributed by atoms with Crippen molar-refractivity contribution in [2.45, 2.75) is 52.7 Å². The van der Waals surface area contributed by atoms with Gasteiger partial charge in [0.2, 0.25) is 5.75 Å². The second kappa shape index (κ2) is 12.3. The first-order chi connectivity index (χ1) is 18.0. The largest absolute Gasteiger partial charge is 0.493 e. The molecule has 3 atom stereocenters. The number of hydrogen-bond donors (Lipinski definition) is 1. The fraction of sp³-hybridized carbons (Fsp3) is 0.310. The summed E-state index contributed by atoms with van der Waals surface area (Å²) in [5, 5.41) is 2.51. The topological polar surface area (TPSA) is 104 Å². The van der Waals surface area contributed by atoms with Crippen molar-refractivity contribution in [3.8, 4) is 11.5 Å². The summed E-state index contributed by atoms with van der Waals surface area (Å²) in [6.45, 7) is 8.05. The molecule has 2 aromatic carbocycles. The number of carbonyl (C=O) groups is 3. The van der Waals surface area contributed by atoms with Gasteiger partial charge < -0.3 is 19.5 Å². The lowest BCUT2D eigenvalue weighted by molar-refractivity contribution is -0.150. The number of aromatic nitrogens is 1. The van der Waals surface area contributed by atoms with E-state index in [1.54, 1.807) is 26.0 Å². The number of aryl methyl sites for hydroxylation is 2. The van der Waals surface area contributed by atoms with Gasteiger partial charge in [-0.15, -0.1) is 0 Å². The molecule has 1 heterocycles. The number of halogens is 1. The molecule has 9 heteroatoms. The Kier molecular flexibility index (Phi) is 9.17. The molecular formula is C29H31FN2O6. The molecule has 0 radical (unpaired) electrons. The summed E-state index contributed by atoms with van der Waals surface area (Å²) in [5.41, 5.74) is 2.75. The highest BCUT2D eigenvalue weighted by Gasteiger charge is 2.30. The Morgan fingerprint density at radius 2 is 1.63 bits per heavy atom. The van der Waals surface area contributed by atoms with Gasteiger partial charge in [-0.05, 0) is 50.5 Å². The Hall–Kier alpha value is -4.27. The average molecular weight is 523 g/mol. The van der Waals surface area contributed by atoms with Crippen LogP contribution in [0.3, 0.4) is 0 Å². The molecule has 0 fully saturated rings. The summed E-state index contributed by atoms with van der Waals surface area (Å²) >= 11 is 0. The molecule has 1 N–H and O–H groups in total. The lowest BCUT2D eigenvalue weighted by Gasteiger charge is -2.27. The van der Waals surface area contributed by atoms with Crippen LogP contribution in [0.2, 0.25) is 0 Å². The zero-order valence-electron chi connectivity index (χ0n) is 22.2. The third kappa shape index (κ3) is 6.73. The number of pyridine rings is 1. The molecule has 1 aromatic heterocycles. The number of benzene rings is 2. The number of methoxy groups -OCH3 is 1. The van der Waals surface area contributed by atoms with Crippen molar-refractivity contribution in [3.05, 3.63) is 88.5 Å². The predicted octanol–water partition coefficient (Wildman–Crippen LogP) is 4.65. The maximum absolute atomic E-state index is 15.0. The minimum absolute atomic E-state index is 0.130. The molecule has 0 aliphatic heterocycles. The third-order valence-electron chi connectivity index (χ3n) is 5.95. The fourth-order valence-electron chi connectivity index (χ4n) is 4.03. The molecule has 38 heavy (non-hydrogen) atoms. The summed E-state index contributed by atoms with van der Waals surface area (Å²) in [5.74, 6) is -3.18. The zero-order valence-corrected chi connectivity index (χ0v) is 22.2. The van der Waals surface area contributed by atoms with Gasteiger partial charge in [0, 0.05) is 25.1 Å². The van der Waals surface area contributed by atoms with E-state index >= 15 is 4.39 Å². The van der Waals surface area contributed by atoms with Crippen LogP contribution in [0.4, 0.5) is 4.39 Å². The van der Waals surface area contributed by atoms with Gasteiger partial charge in [-0.3, -0.25) is 9.59 Å². The first kappa shape index (κ1) is 28.3. The van der Waals surface area contributed by atoms with E-state index in [9.17, 15) is 14.4 Å². The van der Waals surface area contributed by atoms with E-state index in [1.165, 1.54) is 39.3 Å². The fourth-order valence-corrected chi connectivity index (χ4v) is 4.03. The summed E-state index contributed by atoms with van der Waals surface area (Å²) in [7, 11) is 1.35. The molecule has 0 spiro atoms. The molecule has 3 rings (SSSR count). The van der Waals surface area contributed by atoms with Crippen LogP contribution in [0.1, 0.15) is 59.4 Å². The molecule has 200 valence electrons. The Labute approximate surface area is 221 Å². The third-order valence-corrected chi connectivity index (χ3v) is 5.95. The van der Waals surface area contributed by atoms with Crippen LogP contribution < -0.4 is 14.8 Å². The highest BCUT2D eigenvalue weighted by Crippen LogP contribution is 2.33. The maximum atomic E-state index is 15.0. The highest BCUT2D eigenvalue weighted by atomic mass is 19.1. The van der Waals surface area contributed by atoms with E-state index in [1.807, 2.05) is 31.2 Å². The molecule has 0 bridgehead atoms. The number of nitrogens with zero attached hydrogens (tertiary/aromatic N) is 1. The van der Waals surface area contributed by atoms with E-state index in [2.05, 4.69) is 10.3 Å². The van der Waals surface area contributed by atoms with Gasteiger partial charge in [0.15, 0.2) is 11.4 Å². The first-order valence-corrected chi connectivity index (χ1v) is 12.1. The van der Waals surface area contributed by atoms with Crippen LogP contribution in [0.25, 0.3) is 0 Å². The second-order valence-electron chi connectivity index (χ2n) is 9.04. The van der Waals surface area contributed by atoms with Gasteiger partial charge >= 0.3 is 11.9 Å². The second-order valence-corrected chi connectivity index (χ2v) is 9.04. The molecule has 0 aliphatic carbocycles. The molecule has 0 aliphatic rings. The van der Waals surface area contributed by atoms with Crippen molar-refractivity contribution in [3.63, 3.8) is 0 Å². The Bertz CT molecular complexity index is 1330. The van der Waals surface area contributed by atoms with Crippen molar-refractivity contribution < 1.29 is 33.0 Å². The van der Waals surface area contributed by atoms with Gasteiger partial charge in [0.05, 0.1) is 7.11 Å². The molecular weight excluding hydrogens is 491 g/mol. The van der Waals surface area contributed by atoms with E-state index < -0.39 is 41.7 Å². The molecule has 0 saturated carbocycles. The minimum atomic E-state index is -1.09. The summed E-state index contributed by atoms with van der Waals surface area (Å²) < 4.78 is 31.0. The van der Waals surface area contributed by atoms with Gasteiger partial charge in [-0.1, -0.05) is 42.0 Å². The molecule has 0 saturated heterocycles. The van der Waals surface area contributed by atoms with Crippen molar-refractivity contribution in [2.75, 3.05) is 7.11 Å². The van der Waals surface area contributed by atoms with Crippen LogP contribution in [-0.4, -0.2) is 42.1 Å². The van der Waals surface area contributed by atoms with Crippen molar-refractivity contribution in [1.29, 1.82) is 0 Å². The van der Waals surface area contributed by atoms with Crippen LogP contribution in [0.15, 0.2) is 54.7 Å². The Morgan fingerprint density at radius 3 is 2.24 bits per heavy atom. The van der Waals surface area contributed by atoms with E-state index in [4.69, 9.17) is 14.2 Å². The summed E-state index contributed by atoms with van der Waals surface area (Å²) in [6.07, 6.45) is 0.544. The smallest absolute Gasteiger partial charge is 0.328 e. The van der Waals surface area contributed by atoms with Crippen molar-refractivity contribution in [1.82, 2.24) is 10.3 Å². The SMILES string of the molecule is COc1ccnc(C(=O)N[C@@H](C)C(=O)O[C@@H](C)[C@H](c2ccc(C)cc2)c2ccc(C)cc2F)c1OC(C)=O. The van der Waals surface area contributed by atoms with Gasteiger partial charge in [0.25, 0.3) is 5.91 Å². The standard InChI is InChI=1S/C29H31FN2O6/c1-16-7-10-21(11-8-16)25(22-12-9-17(2)15-23(22)30)19(4)37-29(35)18(3)32-28(34)26-27(38-20(5)33)24(36-6)13-14-31-26/h7-15,18-19,25H,1-6H3,(H,32,34)/t18-,19-,25+/m0/s1. The number of nitrogens with one attached hydrogen (secondary N) is 1. The maximum Gasteiger partial charge on any atom is 0.328 e. The van der Waals surface area contributed by atoms with Gasteiger partial charge in [0.1, 0.15) is 18.0 Å². The monoisotopic (exact) mass is 522 g/mol. The number of amides is 1. The van der Waals surface area contributed by atoms with Crippen molar-refractivity contribution in [2.24, 2.45) is 0 Å². The molecule has 0 unspecified atom stereocenters. The minimum Gasteiger partial charge on any atom is -0.493 e. The molecule has 1 amide bonds. The Morgan fingerprint density at radius 1 is 0.974 bits per heavy atom. The highest BCUT2D eigenvalue weighted by molar-refractivity contribution is 5.98. The Balaban J connectivity index is 1.82. The number of ether oxygens (including phenoxy) is 3. The molecule has 8 nitrogen and oxygen atoms in total. The van der Waals surface area contributed by atoms with Crippen LogP contribution in [0.5, 0.6) is 11.5 Å². The normalized spacial score (nSPS) is 13.1. The lowest BCUT2D eigenvalue weighted by Crippen LogP contribution is -2.41. The summed E-state index contributed by atoms with van der Waals surface area (Å²) in [6, 6.07) is 12.8. The first-order valence-electron chi connectivity index (χ1n) is 12.1. The van der Waals surface area contributed by atoms with Gasteiger partial charge in [-0.2, -0.15) is 0 Å². The number of hydrogen-bond acceptors (Lipinski definition) is 7.